The van der Waals surface area contributed by atoms with Crippen LogP contribution < -0.4 is 14.8 Å². The number of para-hydroxylation sites is 2. The lowest BCUT2D eigenvalue weighted by molar-refractivity contribution is 0.0697. The molecule has 0 radical (unpaired) electrons. The zero-order valence-corrected chi connectivity index (χ0v) is 12.2. The Hall–Kier alpha value is -3.28. The van der Waals surface area contributed by atoms with E-state index in [4.69, 9.17) is 9.47 Å². The highest BCUT2D eigenvalue weighted by molar-refractivity contribution is 6.09. The van der Waals surface area contributed by atoms with Crippen molar-refractivity contribution in [3.05, 3.63) is 48.2 Å². The fraction of sp³-hybridized carbons (Fsp3) is 0.0588. The largest absolute Gasteiger partial charge is 0.497 e. The zero-order chi connectivity index (χ0) is 16.0. The standard InChI is InChI=1S/C17H12N2O4/c1-22-9-6-12-15-14(7-9)23-13-5-3-2-4-11(13)19-16(15)10(8-18-12)17(20)21/h2-8,19H,1H3,(H,20,21). The third-order valence-electron chi connectivity index (χ3n) is 3.74. The molecule has 0 fully saturated rings. The van der Waals surface area contributed by atoms with E-state index in [0.717, 1.165) is 0 Å². The van der Waals surface area contributed by atoms with Crippen LogP contribution in [0.3, 0.4) is 0 Å². The number of methoxy groups -OCH3 is 1. The molecule has 0 saturated heterocycles. The molecule has 2 heterocycles. The highest BCUT2D eigenvalue weighted by atomic mass is 16.5. The van der Waals surface area contributed by atoms with Crippen LogP contribution in [0.1, 0.15) is 10.4 Å². The number of rotatable bonds is 2. The van der Waals surface area contributed by atoms with Crippen LogP contribution in [0.25, 0.3) is 10.9 Å². The van der Waals surface area contributed by atoms with Gasteiger partial charge in [0.1, 0.15) is 17.1 Å². The Kier molecular flexibility index (Phi) is 2.84. The number of fused-ring (bicyclic) bond motifs is 1. The number of ether oxygens (including phenoxy) is 2. The van der Waals surface area contributed by atoms with Gasteiger partial charge in [0.05, 0.1) is 29.4 Å². The van der Waals surface area contributed by atoms with Gasteiger partial charge in [0.25, 0.3) is 0 Å². The van der Waals surface area contributed by atoms with Crippen LogP contribution in [-0.4, -0.2) is 23.2 Å². The van der Waals surface area contributed by atoms with E-state index in [-0.39, 0.29) is 5.56 Å². The monoisotopic (exact) mass is 308 g/mol. The van der Waals surface area contributed by atoms with Gasteiger partial charge in [-0.2, -0.15) is 0 Å². The van der Waals surface area contributed by atoms with Crippen LogP contribution in [-0.2, 0) is 0 Å². The SMILES string of the molecule is COc1cc2c3c(c(C(=O)O)cnc3c1)Nc1ccccc1O2. The lowest BCUT2D eigenvalue weighted by Crippen LogP contribution is -2.04. The minimum Gasteiger partial charge on any atom is -0.497 e. The van der Waals surface area contributed by atoms with E-state index in [1.54, 1.807) is 19.2 Å². The Bertz CT molecular complexity index is 953. The average Bonchev–Trinajstić information content (AvgIpc) is 2.72. The zero-order valence-electron chi connectivity index (χ0n) is 12.2. The molecule has 0 amide bonds. The third kappa shape index (κ3) is 2.03. The van der Waals surface area contributed by atoms with E-state index < -0.39 is 5.97 Å². The Labute approximate surface area is 131 Å². The third-order valence-corrected chi connectivity index (χ3v) is 3.74. The van der Waals surface area contributed by atoms with Crippen LogP contribution in [0.5, 0.6) is 17.2 Å². The smallest absolute Gasteiger partial charge is 0.339 e. The van der Waals surface area contributed by atoms with Crippen LogP contribution in [0, 0.1) is 0 Å². The van der Waals surface area contributed by atoms with E-state index in [9.17, 15) is 9.90 Å². The molecule has 6 nitrogen and oxygen atoms in total. The first-order valence-corrected chi connectivity index (χ1v) is 6.95. The molecule has 0 aliphatic carbocycles. The van der Waals surface area contributed by atoms with Gasteiger partial charge in [-0.1, -0.05) is 12.1 Å². The molecule has 6 heteroatoms. The number of aromatic carboxylic acids is 1. The quantitative estimate of drug-likeness (QED) is 0.586. The summed E-state index contributed by atoms with van der Waals surface area (Å²) in [6.45, 7) is 0. The molecule has 0 atom stereocenters. The van der Waals surface area contributed by atoms with Crippen LogP contribution in [0.15, 0.2) is 42.6 Å². The summed E-state index contributed by atoms with van der Waals surface area (Å²) < 4.78 is 11.3. The van der Waals surface area contributed by atoms with Gasteiger partial charge in [-0.15, -0.1) is 0 Å². The van der Waals surface area contributed by atoms with Crippen LogP contribution in [0.4, 0.5) is 11.4 Å². The summed E-state index contributed by atoms with van der Waals surface area (Å²) in [5.74, 6) is 0.647. The second-order valence-corrected chi connectivity index (χ2v) is 5.09. The molecular formula is C17H12N2O4. The predicted octanol–water partition coefficient (Wildman–Crippen LogP) is 3.79. The molecule has 23 heavy (non-hydrogen) atoms. The molecule has 0 unspecified atom stereocenters. The molecule has 0 saturated carbocycles. The molecule has 4 rings (SSSR count). The van der Waals surface area contributed by atoms with Crippen LogP contribution in [0.2, 0.25) is 0 Å². The van der Waals surface area contributed by atoms with Gasteiger partial charge in [0, 0.05) is 18.3 Å². The number of benzene rings is 2. The normalized spacial score (nSPS) is 11.9. The van der Waals surface area contributed by atoms with Gasteiger partial charge in [0.2, 0.25) is 0 Å². The number of nitrogens with zero attached hydrogens (tertiary/aromatic N) is 1. The molecule has 0 bridgehead atoms. The molecule has 2 aromatic carbocycles. The first-order valence-electron chi connectivity index (χ1n) is 6.95. The summed E-state index contributed by atoms with van der Waals surface area (Å²) in [6.07, 6.45) is 1.34. The number of nitrogens with one attached hydrogen (secondary N) is 1. The van der Waals surface area contributed by atoms with Gasteiger partial charge < -0.3 is 19.9 Å². The van der Waals surface area contributed by atoms with Crippen molar-refractivity contribution in [3.8, 4) is 17.2 Å². The Morgan fingerprint density at radius 1 is 1.26 bits per heavy atom. The number of carboxylic acid groups (broad SMARTS) is 1. The lowest BCUT2D eigenvalue weighted by atomic mass is 10.1. The number of carbonyl (C=O) groups is 1. The van der Waals surface area contributed by atoms with Crippen molar-refractivity contribution in [2.75, 3.05) is 12.4 Å². The second-order valence-electron chi connectivity index (χ2n) is 5.09. The molecular weight excluding hydrogens is 296 g/mol. The number of aromatic nitrogens is 1. The highest BCUT2D eigenvalue weighted by Crippen LogP contribution is 2.45. The van der Waals surface area contributed by atoms with Crippen molar-refractivity contribution in [3.63, 3.8) is 0 Å². The van der Waals surface area contributed by atoms with Crippen molar-refractivity contribution in [1.29, 1.82) is 0 Å². The Morgan fingerprint density at radius 2 is 2.09 bits per heavy atom. The van der Waals surface area contributed by atoms with Gasteiger partial charge >= 0.3 is 5.97 Å². The van der Waals surface area contributed by atoms with Gasteiger partial charge in [-0.25, -0.2) is 4.79 Å². The molecule has 1 aliphatic heterocycles. The number of anilines is 2. The van der Waals surface area contributed by atoms with E-state index >= 15 is 0 Å². The minimum atomic E-state index is -1.05. The maximum Gasteiger partial charge on any atom is 0.339 e. The number of hydrogen-bond donors (Lipinski definition) is 2. The minimum absolute atomic E-state index is 0.0872. The molecule has 2 N–H and O–H groups in total. The van der Waals surface area contributed by atoms with Crippen molar-refractivity contribution in [2.45, 2.75) is 0 Å². The summed E-state index contributed by atoms with van der Waals surface area (Å²) in [5.41, 5.74) is 1.84. The summed E-state index contributed by atoms with van der Waals surface area (Å²) in [5, 5.41) is 13.2. The van der Waals surface area contributed by atoms with E-state index in [2.05, 4.69) is 10.3 Å². The van der Waals surface area contributed by atoms with Crippen LogP contribution >= 0.6 is 0 Å². The summed E-state index contributed by atoms with van der Waals surface area (Å²) >= 11 is 0. The van der Waals surface area contributed by atoms with Crippen molar-refractivity contribution >= 4 is 28.2 Å². The van der Waals surface area contributed by atoms with Gasteiger partial charge in [-0.05, 0) is 12.1 Å². The Morgan fingerprint density at radius 3 is 2.87 bits per heavy atom. The first kappa shape index (κ1) is 13.4. The van der Waals surface area contributed by atoms with E-state index in [1.807, 2.05) is 24.3 Å². The van der Waals surface area contributed by atoms with Gasteiger partial charge in [0.15, 0.2) is 5.75 Å². The number of carboxylic acids is 1. The van der Waals surface area contributed by atoms with E-state index in [0.29, 0.717) is 39.5 Å². The Balaban J connectivity index is 2.10. The second kappa shape index (κ2) is 4.88. The summed E-state index contributed by atoms with van der Waals surface area (Å²) in [6, 6.07) is 10.8. The lowest BCUT2D eigenvalue weighted by Gasteiger charge is -2.11. The van der Waals surface area contributed by atoms with Gasteiger partial charge in [-0.3, -0.25) is 4.98 Å². The number of hydrogen-bond acceptors (Lipinski definition) is 5. The molecule has 0 spiro atoms. The fourth-order valence-electron chi connectivity index (χ4n) is 2.66. The van der Waals surface area contributed by atoms with Crippen molar-refractivity contribution in [2.24, 2.45) is 0 Å². The maximum atomic E-state index is 11.6. The van der Waals surface area contributed by atoms with Crippen molar-refractivity contribution < 1.29 is 19.4 Å². The summed E-state index contributed by atoms with van der Waals surface area (Å²) in [4.78, 5) is 15.8. The average molecular weight is 308 g/mol. The molecule has 1 aromatic heterocycles. The molecule has 3 aromatic rings. The molecule has 1 aliphatic rings. The highest BCUT2D eigenvalue weighted by Gasteiger charge is 2.23. The predicted molar refractivity (Wildman–Crippen MR) is 85.1 cm³/mol. The fourth-order valence-corrected chi connectivity index (χ4v) is 2.66. The number of pyridine rings is 1. The molecule has 114 valence electrons. The summed E-state index contributed by atoms with van der Waals surface area (Å²) in [7, 11) is 1.56. The van der Waals surface area contributed by atoms with Crippen molar-refractivity contribution in [1.82, 2.24) is 4.98 Å². The first-order chi connectivity index (χ1) is 11.2. The van der Waals surface area contributed by atoms with E-state index in [1.165, 1.54) is 6.20 Å². The maximum absolute atomic E-state index is 11.6. The topological polar surface area (TPSA) is 80.7 Å².